The number of carbonyl (C=O) groups excluding carboxylic acids is 1. The lowest BCUT2D eigenvalue weighted by molar-refractivity contribution is 0.102. The summed E-state index contributed by atoms with van der Waals surface area (Å²) in [6.45, 7) is 5.94. The molecular formula is C26H27ClN6O4S. The van der Waals surface area contributed by atoms with E-state index in [1.54, 1.807) is 55.0 Å². The minimum atomic E-state index is -3.61. The van der Waals surface area contributed by atoms with Gasteiger partial charge in [0, 0.05) is 23.5 Å². The van der Waals surface area contributed by atoms with Crippen LogP contribution in [-0.4, -0.2) is 47.7 Å². The van der Waals surface area contributed by atoms with E-state index in [0.717, 1.165) is 17.4 Å². The van der Waals surface area contributed by atoms with E-state index in [2.05, 4.69) is 25.3 Å². The lowest BCUT2D eigenvalue weighted by Crippen LogP contribution is -2.18. The molecule has 4 rings (SSSR count). The highest BCUT2D eigenvalue weighted by atomic mass is 35.5. The maximum absolute atomic E-state index is 13.4. The molecule has 12 heteroatoms. The molecule has 38 heavy (non-hydrogen) atoms. The van der Waals surface area contributed by atoms with Crippen LogP contribution in [0.3, 0.4) is 0 Å². The van der Waals surface area contributed by atoms with Crippen LogP contribution in [0.2, 0.25) is 5.02 Å². The standard InChI is InChI=1S/C26H27ClN6O4S/c1-26(2,3)18-12-20(24(37-4)21(13-18)31-38(5,35)36)29-25(34)16-8-9-19(27)23(11-16)33-15-22(30-32-33)17-7-6-10-28-14-17/h6-15,31H,1-5H3,(H,29,34). The third-order valence-electron chi connectivity index (χ3n) is 5.61. The Labute approximate surface area is 226 Å². The molecule has 2 heterocycles. The van der Waals surface area contributed by atoms with Gasteiger partial charge in [-0.25, -0.2) is 13.1 Å². The molecule has 0 aliphatic rings. The first-order chi connectivity index (χ1) is 17.9. The monoisotopic (exact) mass is 554 g/mol. The highest BCUT2D eigenvalue weighted by molar-refractivity contribution is 7.92. The first kappa shape index (κ1) is 27.1. The van der Waals surface area contributed by atoms with Crippen molar-refractivity contribution in [1.29, 1.82) is 0 Å². The lowest BCUT2D eigenvalue weighted by atomic mass is 9.86. The van der Waals surface area contributed by atoms with E-state index < -0.39 is 15.9 Å². The van der Waals surface area contributed by atoms with Gasteiger partial charge in [0.25, 0.3) is 5.91 Å². The van der Waals surface area contributed by atoms with Crippen LogP contribution in [0.4, 0.5) is 11.4 Å². The highest BCUT2D eigenvalue weighted by Gasteiger charge is 2.23. The molecule has 2 aromatic heterocycles. The zero-order valence-electron chi connectivity index (χ0n) is 21.5. The number of halogens is 1. The summed E-state index contributed by atoms with van der Waals surface area (Å²) in [5.41, 5.74) is 3.12. The summed E-state index contributed by atoms with van der Waals surface area (Å²) in [5, 5.41) is 11.6. The van der Waals surface area contributed by atoms with Crippen molar-refractivity contribution >= 4 is 38.9 Å². The van der Waals surface area contributed by atoms with Crippen molar-refractivity contribution in [2.75, 3.05) is 23.4 Å². The van der Waals surface area contributed by atoms with Gasteiger partial charge in [-0.2, -0.15) is 0 Å². The Balaban J connectivity index is 1.70. The SMILES string of the molecule is COc1c(NC(=O)c2ccc(Cl)c(-n3cc(-c4cccnc4)nn3)c2)cc(C(C)(C)C)cc1NS(C)(=O)=O. The number of amides is 1. The van der Waals surface area contributed by atoms with Gasteiger partial charge in [0.05, 0.1) is 41.6 Å². The number of hydrogen-bond donors (Lipinski definition) is 2. The second kappa shape index (κ2) is 10.4. The molecule has 0 atom stereocenters. The average molecular weight is 555 g/mol. The van der Waals surface area contributed by atoms with Crippen molar-refractivity contribution in [2.24, 2.45) is 0 Å². The van der Waals surface area contributed by atoms with E-state index in [4.69, 9.17) is 16.3 Å². The fraction of sp³-hybridized carbons (Fsp3) is 0.231. The predicted molar refractivity (Wildman–Crippen MR) is 148 cm³/mol. The van der Waals surface area contributed by atoms with Gasteiger partial charge >= 0.3 is 0 Å². The van der Waals surface area contributed by atoms with E-state index in [1.165, 1.54) is 11.8 Å². The highest BCUT2D eigenvalue weighted by Crippen LogP contribution is 2.39. The normalized spacial score (nSPS) is 11.7. The van der Waals surface area contributed by atoms with Crippen molar-refractivity contribution in [1.82, 2.24) is 20.0 Å². The number of ether oxygens (including phenoxy) is 1. The van der Waals surface area contributed by atoms with Crippen LogP contribution in [-0.2, 0) is 15.4 Å². The molecule has 0 spiro atoms. The number of methoxy groups -OCH3 is 1. The summed E-state index contributed by atoms with van der Waals surface area (Å²) in [5.74, 6) is -0.270. The Kier molecular flexibility index (Phi) is 7.43. The Bertz CT molecular complexity index is 1600. The molecule has 2 aromatic carbocycles. The van der Waals surface area contributed by atoms with Crippen LogP contribution >= 0.6 is 11.6 Å². The number of carbonyl (C=O) groups is 1. The molecular weight excluding hydrogens is 528 g/mol. The number of anilines is 2. The smallest absolute Gasteiger partial charge is 0.255 e. The van der Waals surface area contributed by atoms with Crippen LogP contribution in [0.15, 0.2) is 61.1 Å². The number of sulfonamides is 1. The van der Waals surface area contributed by atoms with Crippen LogP contribution in [0.5, 0.6) is 5.75 Å². The summed E-state index contributed by atoms with van der Waals surface area (Å²) >= 11 is 6.43. The predicted octanol–water partition coefficient (Wildman–Crippen LogP) is 4.91. The van der Waals surface area contributed by atoms with Crippen LogP contribution in [0.25, 0.3) is 16.9 Å². The minimum absolute atomic E-state index is 0.184. The maximum Gasteiger partial charge on any atom is 0.255 e. The average Bonchev–Trinajstić information content (AvgIpc) is 3.33. The van der Waals surface area contributed by atoms with Crippen molar-refractivity contribution in [3.05, 3.63) is 77.2 Å². The molecule has 0 aliphatic carbocycles. The van der Waals surface area contributed by atoms with E-state index >= 15 is 0 Å². The summed E-state index contributed by atoms with van der Waals surface area (Å²) in [7, 11) is -2.20. The van der Waals surface area contributed by atoms with Gasteiger partial charge in [-0.1, -0.05) is 37.6 Å². The van der Waals surface area contributed by atoms with E-state index in [0.29, 0.717) is 27.7 Å². The molecule has 0 aliphatic heterocycles. The number of aromatic nitrogens is 4. The van der Waals surface area contributed by atoms with Gasteiger partial charge in [0.2, 0.25) is 10.0 Å². The summed E-state index contributed by atoms with van der Waals surface area (Å²) in [4.78, 5) is 17.5. The third kappa shape index (κ3) is 6.12. The molecule has 0 fully saturated rings. The summed E-state index contributed by atoms with van der Waals surface area (Å²) in [6.07, 6.45) is 6.08. The number of nitrogens with zero attached hydrogens (tertiary/aromatic N) is 4. The van der Waals surface area contributed by atoms with Crippen molar-refractivity contribution in [2.45, 2.75) is 26.2 Å². The van der Waals surface area contributed by atoms with Gasteiger partial charge < -0.3 is 10.1 Å². The molecule has 0 radical (unpaired) electrons. The molecule has 0 bridgehead atoms. The van der Waals surface area contributed by atoms with Gasteiger partial charge in [0.1, 0.15) is 5.69 Å². The van der Waals surface area contributed by atoms with Gasteiger partial charge in [0.15, 0.2) is 5.75 Å². The molecule has 198 valence electrons. The van der Waals surface area contributed by atoms with Gasteiger partial charge in [-0.05, 0) is 53.4 Å². The van der Waals surface area contributed by atoms with Crippen LogP contribution in [0, 0.1) is 0 Å². The molecule has 10 nitrogen and oxygen atoms in total. The first-order valence-corrected chi connectivity index (χ1v) is 13.8. The quantitative estimate of drug-likeness (QED) is 0.332. The summed E-state index contributed by atoms with van der Waals surface area (Å²) in [6, 6.07) is 11.9. The fourth-order valence-electron chi connectivity index (χ4n) is 3.70. The zero-order valence-corrected chi connectivity index (χ0v) is 23.1. The molecule has 4 aromatic rings. The largest absolute Gasteiger partial charge is 0.492 e. The number of rotatable bonds is 7. The molecule has 0 saturated carbocycles. The van der Waals surface area contributed by atoms with Crippen molar-refractivity contribution in [3.63, 3.8) is 0 Å². The van der Waals surface area contributed by atoms with Crippen molar-refractivity contribution in [3.8, 4) is 22.7 Å². The summed E-state index contributed by atoms with van der Waals surface area (Å²) < 4.78 is 33.4. The number of nitrogens with one attached hydrogen (secondary N) is 2. The van der Waals surface area contributed by atoms with E-state index in [9.17, 15) is 13.2 Å². The topological polar surface area (TPSA) is 128 Å². The third-order valence-corrected chi connectivity index (χ3v) is 6.52. The minimum Gasteiger partial charge on any atom is -0.492 e. The van der Waals surface area contributed by atoms with Gasteiger partial charge in [-0.15, -0.1) is 5.10 Å². The number of pyridine rings is 1. The van der Waals surface area contributed by atoms with Gasteiger partial charge in [-0.3, -0.25) is 14.5 Å². The van der Waals surface area contributed by atoms with E-state index in [1.807, 2.05) is 26.8 Å². The lowest BCUT2D eigenvalue weighted by Gasteiger charge is -2.24. The number of hydrogen-bond acceptors (Lipinski definition) is 7. The fourth-order valence-corrected chi connectivity index (χ4v) is 4.46. The Morgan fingerprint density at radius 1 is 1.11 bits per heavy atom. The van der Waals surface area contributed by atoms with E-state index in [-0.39, 0.29) is 16.9 Å². The van der Waals surface area contributed by atoms with Crippen LogP contribution in [0.1, 0.15) is 36.7 Å². The first-order valence-electron chi connectivity index (χ1n) is 11.5. The second-order valence-electron chi connectivity index (χ2n) is 9.64. The maximum atomic E-state index is 13.4. The Hall–Kier alpha value is -3.96. The molecule has 0 unspecified atom stereocenters. The molecule has 1 amide bonds. The Morgan fingerprint density at radius 2 is 1.84 bits per heavy atom. The second-order valence-corrected chi connectivity index (χ2v) is 11.8. The Morgan fingerprint density at radius 3 is 2.47 bits per heavy atom. The molecule has 2 N–H and O–H groups in total. The van der Waals surface area contributed by atoms with Crippen LogP contribution < -0.4 is 14.8 Å². The number of benzene rings is 2. The molecule has 0 saturated heterocycles. The zero-order chi connectivity index (χ0) is 27.7. The van der Waals surface area contributed by atoms with Crippen molar-refractivity contribution < 1.29 is 17.9 Å².